The molecule has 0 bridgehead atoms. The van der Waals surface area contributed by atoms with E-state index in [1.54, 1.807) is 47.0 Å². The van der Waals surface area contributed by atoms with Gasteiger partial charge in [0.2, 0.25) is 0 Å². The van der Waals surface area contributed by atoms with Crippen LogP contribution in [0.1, 0.15) is 30.5 Å². The first-order valence-corrected chi connectivity index (χ1v) is 11.4. The largest absolute Gasteiger partial charge is 0.357 e. The van der Waals surface area contributed by atoms with Crippen molar-refractivity contribution < 1.29 is 13.0 Å². The maximum atomic E-state index is 10.9. The highest BCUT2D eigenvalue weighted by molar-refractivity contribution is 7.98. The molecule has 0 aliphatic heterocycles. The molecule has 2 N–H and O–H groups in total. The van der Waals surface area contributed by atoms with E-state index in [0.29, 0.717) is 12.3 Å². The summed E-state index contributed by atoms with van der Waals surface area (Å²) >= 11 is 1.59. The van der Waals surface area contributed by atoms with Gasteiger partial charge in [0, 0.05) is 10.6 Å². The minimum atomic E-state index is -4.29. The standard InChI is InChI=1S/C20H21N5O3S2/c1-20(2,12-21)17-8-15(10-25-14-22-13-23-25)7-16(9-17)11-29-19-5-3-18(4-6-19)24-30(26,27)28/h3-9,13-14,24H,10-11H2,1-2H3,(H,26,27,28). The Kier molecular flexibility index (Phi) is 6.45. The molecular weight excluding hydrogens is 422 g/mol. The summed E-state index contributed by atoms with van der Waals surface area (Å²) in [5.74, 6) is 0.671. The van der Waals surface area contributed by atoms with Crippen molar-refractivity contribution in [2.75, 3.05) is 4.72 Å². The lowest BCUT2D eigenvalue weighted by molar-refractivity contribution is 0.489. The van der Waals surface area contributed by atoms with Crippen LogP contribution < -0.4 is 4.72 Å². The predicted molar refractivity (Wildman–Crippen MR) is 115 cm³/mol. The topological polar surface area (TPSA) is 121 Å². The maximum Gasteiger partial charge on any atom is 0.357 e. The summed E-state index contributed by atoms with van der Waals surface area (Å²) in [7, 11) is -4.29. The van der Waals surface area contributed by atoms with E-state index < -0.39 is 15.7 Å². The molecule has 10 heteroatoms. The first kappa shape index (κ1) is 21.8. The quantitative estimate of drug-likeness (QED) is 0.403. The molecule has 0 spiro atoms. The van der Waals surface area contributed by atoms with Crippen LogP contribution in [0.4, 0.5) is 5.69 Å². The lowest BCUT2D eigenvalue weighted by Gasteiger charge is -2.19. The molecular formula is C20H21N5O3S2. The molecule has 2 aromatic carbocycles. The van der Waals surface area contributed by atoms with Gasteiger partial charge in [-0.1, -0.05) is 18.2 Å². The number of nitrogens with one attached hydrogen (secondary N) is 1. The van der Waals surface area contributed by atoms with E-state index in [1.807, 2.05) is 30.7 Å². The van der Waals surface area contributed by atoms with Gasteiger partial charge >= 0.3 is 10.3 Å². The third-order valence-electron chi connectivity index (χ3n) is 4.37. The summed E-state index contributed by atoms with van der Waals surface area (Å²) in [6.07, 6.45) is 3.14. The Morgan fingerprint density at radius 3 is 2.50 bits per heavy atom. The summed E-state index contributed by atoms with van der Waals surface area (Å²) in [6, 6.07) is 15.2. The second-order valence-corrected chi connectivity index (χ2v) is 9.46. The van der Waals surface area contributed by atoms with Gasteiger partial charge in [0.25, 0.3) is 0 Å². The van der Waals surface area contributed by atoms with Crippen molar-refractivity contribution in [3.63, 3.8) is 0 Å². The van der Waals surface area contributed by atoms with E-state index in [9.17, 15) is 13.7 Å². The number of nitriles is 1. The number of anilines is 1. The zero-order valence-electron chi connectivity index (χ0n) is 16.5. The van der Waals surface area contributed by atoms with Gasteiger partial charge in [-0.15, -0.1) is 11.8 Å². The third-order valence-corrected chi connectivity index (χ3v) is 5.95. The Morgan fingerprint density at radius 2 is 1.90 bits per heavy atom. The molecule has 8 nitrogen and oxygen atoms in total. The van der Waals surface area contributed by atoms with Crippen molar-refractivity contribution in [1.82, 2.24) is 14.8 Å². The highest BCUT2D eigenvalue weighted by Crippen LogP contribution is 2.29. The fourth-order valence-corrected chi connectivity index (χ4v) is 4.06. The molecule has 1 aromatic heterocycles. The normalized spacial score (nSPS) is 11.8. The van der Waals surface area contributed by atoms with E-state index in [0.717, 1.165) is 21.6 Å². The highest BCUT2D eigenvalue weighted by Gasteiger charge is 2.21. The fourth-order valence-electron chi connectivity index (χ4n) is 2.80. The van der Waals surface area contributed by atoms with Gasteiger partial charge in [-0.25, -0.2) is 9.67 Å². The molecule has 0 atom stereocenters. The van der Waals surface area contributed by atoms with Crippen molar-refractivity contribution in [2.24, 2.45) is 0 Å². The third kappa shape index (κ3) is 6.06. The average molecular weight is 444 g/mol. The number of hydrogen-bond acceptors (Lipinski definition) is 6. The SMILES string of the molecule is CC(C)(C#N)c1cc(CSc2ccc(NS(=O)(=O)O)cc2)cc(Cn2cncn2)c1. The molecule has 0 radical (unpaired) electrons. The Labute approximate surface area is 179 Å². The van der Waals surface area contributed by atoms with E-state index in [4.69, 9.17) is 4.55 Å². The minimum Gasteiger partial charge on any atom is -0.269 e. The second kappa shape index (κ2) is 8.87. The Morgan fingerprint density at radius 1 is 1.20 bits per heavy atom. The summed E-state index contributed by atoms with van der Waals surface area (Å²) in [4.78, 5) is 4.91. The zero-order chi connectivity index (χ0) is 21.8. The van der Waals surface area contributed by atoms with Gasteiger partial charge in [0.15, 0.2) is 0 Å². The molecule has 3 rings (SSSR count). The van der Waals surface area contributed by atoms with Crippen LogP contribution in [0.25, 0.3) is 0 Å². The molecule has 0 saturated carbocycles. The number of thioether (sulfide) groups is 1. The van der Waals surface area contributed by atoms with Gasteiger partial charge in [0.1, 0.15) is 12.7 Å². The number of benzene rings is 2. The molecule has 0 unspecified atom stereocenters. The van der Waals surface area contributed by atoms with Crippen molar-refractivity contribution in [2.45, 2.75) is 36.5 Å². The molecule has 0 saturated heterocycles. The van der Waals surface area contributed by atoms with Crippen LogP contribution in [0.5, 0.6) is 0 Å². The van der Waals surface area contributed by atoms with Crippen molar-refractivity contribution in [3.8, 4) is 6.07 Å². The molecule has 0 fully saturated rings. The predicted octanol–water partition coefficient (Wildman–Crippen LogP) is 3.63. The zero-order valence-corrected chi connectivity index (χ0v) is 18.1. The molecule has 3 aromatic rings. The van der Waals surface area contributed by atoms with Crippen LogP contribution in [-0.4, -0.2) is 27.7 Å². The summed E-state index contributed by atoms with van der Waals surface area (Å²) in [5.41, 5.74) is 2.70. The van der Waals surface area contributed by atoms with Crippen LogP contribution in [0.3, 0.4) is 0 Å². The molecule has 156 valence electrons. The average Bonchev–Trinajstić information content (AvgIpc) is 3.19. The van der Waals surface area contributed by atoms with E-state index in [2.05, 4.69) is 22.2 Å². The smallest absolute Gasteiger partial charge is 0.269 e. The summed E-state index contributed by atoms with van der Waals surface area (Å²) in [5, 5.41) is 13.7. The van der Waals surface area contributed by atoms with Gasteiger partial charge in [-0.3, -0.25) is 9.27 Å². The second-order valence-electron chi connectivity index (χ2n) is 7.26. The molecule has 30 heavy (non-hydrogen) atoms. The van der Waals surface area contributed by atoms with E-state index in [1.165, 1.54) is 6.33 Å². The Balaban J connectivity index is 1.79. The number of aromatic nitrogens is 3. The fraction of sp³-hybridized carbons (Fsp3) is 0.250. The van der Waals surface area contributed by atoms with Crippen LogP contribution in [-0.2, 0) is 28.0 Å². The molecule has 1 heterocycles. The van der Waals surface area contributed by atoms with Crippen molar-refractivity contribution in [3.05, 3.63) is 71.8 Å². The van der Waals surface area contributed by atoms with Crippen LogP contribution in [0.2, 0.25) is 0 Å². The van der Waals surface area contributed by atoms with Crippen LogP contribution >= 0.6 is 11.8 Å². The number of rotatable bonds is 8. The molecule has 0 aliphatic carbocycles. The number of hydrogen-bond donors (Lipinski definition) is 2. The summed E-state index contributed by atoms with van der Waals surface area (Å²) in [6.45, 7) is 4.34. The minimum absolute atomic E-state index is 0.287. The first-order chi connectivity index (χ1) is 14.1. The summed E-state index contributed by atoms with van der Waals surface area (Å²) < 4.78 is 34.4. The van der Waals surface area contributed by atoms with E-state index >= 15 is 0 Å². The van der Waals surface area contributed by atoms with E-state index in [-0.39, 0.29) is 5.69 Å². The monoisotopic (exact) mass is 443 g/mol. The maximum absolute atomic E-state index is 10.9. The Bertz CT molecular complexity index is 1150. The van der Waals surface area contributed by atoms with Crippen LogP contribution in [0, 0.1) is 11.3 Å². The lowest BCUT2D eigenvalue weighted by Crippen LogP contribution is -2.15. The van der Waals surface area contributed by atoms with Gasteiger partial charge in [-0.2, -0.15) is 18.8 Å². The molecule has 0 aliphatic rings. The van der Waals surface area contributed by atoms with Gasteiger partial charge in [0.05, 0.1) is 23.7 Å². The first-order valence-electron chi connectivity index (χ1n) is 9.00. The number of nitrogens with zero attached hydrogens (tertiary/aromatic N) is 4. The van der Waals surface area contributed by atoms with Gasteiger partial charge in [-0.05, 0) is 54.8 Å². The van der Waals surface area contributed by atoms with Gasteiger partial charge < -0.3 is 0 Å². The highest BCUT2D eigenvalue weighted by atomic mass is 32.2. The van der Waals surface area contributed by atoms with Crippen molar-refractivity contribution >= 4 is 27.8 Å². The van der Waals surface area contributed by atoms with Crippen molar-refractivity contribution in [1.29, 1.82) is 5.26 Å². The Hall–Kier alpha value is -2.87. The van der Waals surface area contributed by atoms with Crippen LogP contribution in [0.15, 0.2) is 60.0 Å². The lowest BCUT2D eigenvalue weighted by atomic mass is 9.84. The molecule has 0 amide bonds.